The van der Waals surface area contributed by atoms with Gasteiger partial charge in [0.25, 0.3) is 5.91 Å². The molecule has 162 valence electrons. The van der Waals surface area contributed by atoms with Crippen LogP contribution in [-0.2, 0) is 5.41 Å². The molecule has 3 aromatic rings. The van der Waals surface area contributed by atoms with Gasteiger partial charge in [-0.25, -0.2) is 4.98 Å². The summed E-state index contributed by atoms with van der Waals surface area (Å²) < 4.78 is 0. The number of nitrogens with zero attached hydrogens (tertiary/aromatic N) is 2. The van der Waals surface area contributed by atoms with E-state index >= 15 is 0 Å². The zero-order valence-electron chi connectivity index (χ0n) is 17.7. The lowest BCUT2D eigenvalue weighted by molar-refractivity contribution is 0.102. The van der Waals surface area contributed by atoms with Crippen molar-refractivity contribution in [3.8, 4) is 0 Å². The van der Waals surface area contributed by atoms with E-state index in [1.165, 1.54) is 5.56 Å². The van der Waals surface area contributed by atoms with Gasteiger partial charge in [-0.3, -0.25) is 4.79 Å². The van der Waals surface area contributed by atoms with Crippen molar-refractivity contribution >= 4 is 46.3 Å². The zero-order chi connectivity index (χ0) is 22.6. The molecule has 3 rings (SSSR count). The molecular formula is C24H25Cl2N3O2. The van der Waals surface area contributed by atoms with Crippen molar-refractivity contribution in [2.24, 2.45) is 0 Å². The summed E-state index contributed by atoms with van der Waals surface area (Å²) in [6.07, 6.45) is 1.61. The second-order valence-electron chi connectivity index (χ2n) is 8.13. The van der Waals surface area contributed by atoms with Gasteiger partial charge in [0.05, 0.1) is 22.3 Å². The highest BCUT2D eigenvalue weighted by atomic mass is 35.5. The molecule has 2 aromatic carbocycles. The molecule has 0 aliphatic carbocycles. The number of carbonyl (C=O) groups excluding carboxylic acids is 1. The minimum atomic E-state index is -0.266. The van der Waals surface area contributed by atoms with Crippen molar-refractivity contribution in [1.82, 2.24) is 4.98 Å². The van der Waals surface area contributed by atoms with Crippen LogP contribution in [0.2, 0.25) is 10.0 Å². The molecule has 0 bridgehead atoms. The lowest BCUT2D eigenvalue weighted by Gasteiger charge is -2.25. The SMILES string of the molecule is CC(C)(C)c1ccc(NC(=O)c2ccc(Cl)c(N(CCO)c3ncccc3Cl)c2)cc1. The number of halogens is 2. The molecule has 1 heterocycles. The lowest BCUT2D eigenvalue weighted by Crippen LogP contribution is -2.23. The highest BCUT2D eigenvalue weighted by Crippen LogP contribution is 2.35. The third kappa shape index (κ3) is 5.56. The summed E-state index contributed by atoms with van der Waals surface area (Å²) in [5.74, 6) is 0.188. The Morgan fingerprint density at radius 2 is 1.77 bits per heavy atom. The molecule has 0 fully saturated rings. The summed E-state index contributed by atoms with van der Waals surface area (Å²) in [7, 11) is 0. The van der Waals surface area contributed by atoms with Gasteiger partial charge in [-0.2, -0.15) is 0 Å². The first kappa shape index (κ1) is 23.1. The second kappa shape index (κ2) is 9.69. The molecular weight excluding hydrogens is 433 g/mol. The van der Waals surface area contributed by atoms with Crippen molar-refractivity contribution < 1.29 is 9.90 Å². The zero-order valence-corrected chi connectivity index (χ0v) is 19.2. The van der Waals surface area contributed by atoms with Gasteiger partial charge in [-0.15, -0.1) is 0 Å². The molecule has 0 saturated heterocycles. The maximum absolute atomic E-state index is 12.9. The van der Waals surface area contributed by atoms with E-state index in [0.717, 1.165) is 0 Å². The first-order chi connectivity index (χ1) is 14.7. The van der Waals surface area contributed by atoms with E-state index in [2.05, 4.69) is 31.1 Å². The Morgan fingerprint density at radius 3 is 2.39 bits per heavy atom. The summed E-state index contributed by atoms with van der Waals surface area (Å²) >= 11 is 12.7. The molecule has 0 aliphatic rings. The van der Waals surface area contributed by atoms with Crippen LogP contribution in [0.5, 0.6) is 0 Å². The first-order valence-corrected chi connectivity index (χ1v) is 10.7. The number of aromatic nitrogens is 1. The van der Waals surface area contributed by atoms with Crippen molar-refractivity contribution in [3.05, 3.63) is 82.0 Å². The predicted octanol–water partition coefficient (Wildman–Crippen LogP) is 6.07. The number of rotatable bonds is 6. The van der Waals surface area contributed by atoms with Crippen LogP contribution in [-0.4, -0.2) is 29.1 Å². The number of hydrogen-bond acceptors (Lipinski definition) is 4. The maximum atomic E-state index is 12.9. The van der Waals surface area contributed by atoms with Crippen LogP contribution < -0.4 is 10.2 Å². The van der Waals surface area contributed by atoms with Crippen LogP contribution in [0.3, 0.4) is 0 Å². The normalized spacial score (nSPS) is 11.3. The highest BCUT2D eigenvalue weighted by molar-refractivity contribution is 6.35. The van der Waals surface area contributed by atoms with E-state index in [9.17, 15) is 9.90 Å². The fourth-order valence-corrected chi connectivity index (χ4v) is 3.58. The quantitative estimate of drug-likeness (QED) is 0.471. The van der Waals surface area contributed by atoms with E-state index in [0.29, 0.717) is 32.8 Å². The molecule has 0 atom stereocenters. The van der Waals surface area contributed by atoms with Crippen LogP contribution in [0, 0.1) is 0 Å². The topological polar surface area (TPSA) is 65.5 Å². The molecule has 0 radical (unpaired) electrons. The van der Waals surface area contributed by atoms with Gasteiger partial charge in [0, 0.05) is 24.0 Å². The van der Waals surface area contributed by atoms with Gasteiger partial charge < -0.3 is 15.3 Å². The van der Waals surface area contributed by atoms with Gasteiger partial charge in [-0.1, -0.05) is 56.1 Å². The number of carbonyl (C=O) groups is 1. The Morgan fingerprint density at radius 1 is 1.06 bits per heavy atom. The second-order valence-corrected chi connectivity index (χ2v) is 8.95. The minimum Gasteiger partial charge on any atom is -0.395 e. The lowest BCUT2D eigenvalue weighted by atomic mass is 9.87. The summed E-state index contributed by atoms with van der Waals surface area (Å²) in [6.45, 7) is 6.50. The molecule has 5 nitrogen and oxygen atoms in total. The van der Waals surface area contributed by atoms with Crippen LogP contribution in [0.4, 0.5) is 17.2 Å². The van der Waals surface area contributed by atoms with Crippen molar-refractivity contribution in [2.45, 2.75) is 26.2 Å². The minimum absolute atomic E-state index is 0.0382. The highest BCUT2D eigenvalue weighted by Gasteiger charge is 2.19. The van der Waals surface area contributed by atoms with Gasteiger partial charge in [0.2, 0.25) is 0 Å². The predicted molar refractivity (Wildman–Crippen MR) is 128 cm³/mol. The van der Waals surface area contributed by atoms with Crippen LogP contribution in [0.25, 0.3) is 0 Å². The summed E-state index contributed by atoms with van der Waals surface area (Å²) in [5, 5.41) is 13.3. The number of amides is 1. The Balaban J connectivity index is 1.89. The number of aliphatic hydroxyl groups excluding tert-OH is 1. The standard InChI is InChI=1S/C24H25Cl2N3O2/c1-24(2,3)17-7-9-18(10-8-17)28-23(31)16-6-11-19(25)21(15-16)29(13-14-30)22-20(26)5-4-12-27-22/h4-12,15,30H,13-14H2,1-3H3,(H,28,31). The molecule has 1 aromatic heterocycles. The third-order valence-electron chi connectivity index (χ3n) is 4.83. The largest absolute Gasteiger partial charge is 0.395 e. The Bertz CT molecular complexity index is 1060. The van der Waals surface area contributed by atoms with Gasteiger partial charge in [0.15, 0.2) is 5.82 Å². The number of nitrogens with one attached hydrogen (secondary N) is 1. The Kier molecular flexibility index (Phi) is 7.21. The number of aliphatic hydroxyl groups is 1. The summed E-state index contributed by atoms with van der Waals surface area (Å²) in [6, 6.07) is 16.2. The van der Waals surface area contributed by atoms with Crippen LogP contribution in [0.15, 0.2) is 60.8 Å². The van der Waals surface area contributed by atoms with Gasteiger partial charge in [0.1, 0.15) is 0 Å². The fraction of sp³-hybridized carbons (Fsp3) is 0.250. The van der Waals surface area contributed by atoms with Crippen molar-refractivity contribution in [2.75, 3.05) is 23.4 Å². The Labute approximate surface area is 192 Å². The molecule has 0 spiro atoms. The summed E-state index contributed by atoms with van der Waals surface area (Å²) in [5.41, 5.74) is 2.89. The third-order valence-corrected chi connectivity index (χ3v) is 5.44. The average molecular weight is 458 g/mol. The van der Waals surface area contributed by atoms with E-state index in [4.69, 9.17) is 23.2 Å². The molecule has 1 amide bonds. The molecule has 31 heavy (non-hydrogen) atoms. The average Bonchev–Trinajstić information content (AvgIpc) is 2.73. The molecule has 0 aliphatic heterocycles. The molecule has 0 unspecified atom stereocenters. The number of pyridine rings is 1. The van der Waals surface area contributed by atoms with E-state index in [1.54, 1.807) is 41.4 Å². The maximum Gasteiger partial charge on any atom is 0.255 e. The smallest absolute Gasteiger partial charge is 0.255 e. The van der Waals surface area contributed by atoms with Crippen molar-refractivity contribution in [1.29, 1.82) is 0 Å². The number of anilines is 3. The van der Waals surface area contributed by atoms with Gasteiger partial charge >= 0.3 is 0 Å². The van der Waals surface area contributed by atoms with E-state index < -0.39 is 0 Å². The van der Waals surface area contributed by atoms with Crippen LogP contribution in [0.1, 0.15) is 36.7 Å². The molecule has 7 heteroatoms. The van der Waals surface area contributed by atoms with Gasteiger partial charge in [-0.05, 0) is 53.4 Å². The van der Waals surface area contributed by atoms with E-state index in [-0.39, 0.29) is 24.5 Å². The van der Waals surface area contributed by atoms with E-state index in [1.807, 2.05) is 24.3 Å². The summed E-state index contributed by atoms with van der Waals surface area (Å²) in [4.78, 5) is 18.9. The molecule has 2 N–H and O–H groups in total. The van der Waals surface area contributed by atoms with Crippen molar-refractivity contribution in [3.63, 3.8) is 0 Å². The first-order valence-electron chi connectivity index (χ1n) is 9.91. The molecule has 0 saturated carbocycles. The fourth-order valence-electron chi connectivity index (χ4n) is 3.13. The number of benzene rings is 2. The number of hydrogen-bond donors (Lipinski definition) is 2. The Hall–Kier alpha value is -2.60. The van der Waals surface area contributed by atoms with Crippen LogP contribution >= 0.6 is 23.2 Å². The monoisotopic (exact) mass is 457 g/mol.